The van der Waals surface area contributed by atoms with E-state index in [0.717, 1.165) is 19.3 Å². The first-order chi connectivity index (χ1) is 12.9. The molecule has 1 aliphatic carbocycles. The molecule has 7 heteroatoms. The molecule has 0 spiro atoms. The fraction of sp³-hybridized carbons (Fsp3) is 0.500. The molecule has 4 N–H and O–H groups in total. The number of benzene rings is 1. The van der Waals surface area contributed by atoms with Crippen LogP contribution >= 0.6 is 0 Å². The number of carbonyl (C=O) groups is 3. The Labute approximate surface area is 159 Å². The van der Waals surface area contributed by atoms with Gasteiger partial charge in [-0.05, 0) is 37.0 Å². The van der Waals surface area contributed by atoms with Crippen LogP contribution in [0.2, 0.25) is 0 Å². The molecule has 1 atom stereocenters. The van der Waals surface area contributed by atoms with Crippen molar-refractivity contribution in [2.45, 2.75) is 44.9 Å². The van der Waals surface area contributed by atoms with Gasteiger partial charge in [-0.15, -0.1) is 0 Å². The summed E-state index contributed by atoms with van der Waals surface area (Å²) in [5.74, 6) is -2.32. The van der Waals surface area contributed by atoms with Gasteiger partial charge in [-0.1, -0.05) is 38.2 Å². The predicted octanol–water partition coefficient (Wildman–Crippen LogP) is 2.10. The van der Waals surface area contributed by atoms with Crippen LogP contribution in [-0.2, 0) is 9.59 Å². The van der Waals surface area contributed by atoms with Crippen LogP contribution in [0.1, 0.15) is 55.3 Å². The van der Waals surface area contributed by atoms with Crippen LogP contribution in [-0.4, -0.2) is 24.3 Å². The minimum absolute atomic E-state index is 0.223. The maximum atomic E-state index is 13.0. The zero-order valence-electron chi connectivity index (χ0n) is 15.4. The Morgan fingerprint density at radius 1 is 1.19 bits per heavy atom. The van der Waals surface area contributed by atoms with Crippen molar-refractivity contribution in [1.29, 1.82) is 5.26 Å². The minimum atomic E-state index is -0.988. The molecule has 0 heterocycles. The lowest BCUT2D eigenvalue weighted by atomic mass is 9.84. The summed E-state index contributed by atoms with van der Waals surface area (Å²) in [7, 11) is 0. The van der Waals surface area contributed by atoms with E-state index in [4.69, 9.17) is 16.7 Å². The highest BCUT2D eigenvalue weighted by atomic mass is 16.2. The van der Waals surface area contributed by atoms with Gasteiger partial charge >= 0.3 is 0 Å². The van der Waals surface area contributed by atoms with Gasteiger partial charge in [-0.2, -0.15) is 5.26 Å². The third kappa shape index (κ3) is 5.55. The lowest BCUT2D eigenvalue weighted by Crippen LogP contribution is -2.42. The molecule has 1 aromatic rings. The van der Waals surface area contributed by atoms with Crippen LogP contribution in [0.15, 0.2) is 24.3 Å². The maximum absolute atomic E-state index is 13.0. The number of primary amides is 2. The van der Waals surface area contributed by atoms with Crippen molar-refractivity contribution in [3.8, 4) is 6.07 Å². The van der Waals surface area contributed by atoms with E-state index in [1.807, 2.05) is 6.07 Å². The number of nitrogens with two attached hydrogens (primary N) is 2. The van der Waals surface area contributed by atoms with E-state index in [0.29, 0.717) is 18.0 Å². The molecule has 1 saturated carbocycles. The van der Waals surface area contributed by atoms with Crippen LogP contribution in [0.4, 0.5) is 5.69 Å². The van der Waals surface area contributed by atoms with Crippen molar-refractivity contribution in [3.05, 3.63) is 29.8 Å². The third-order valence-electron chi connectivity index (χ3n) is 5.17. The van der Waals surface area contributed by atoms with Gasteiger partial charge in [0.25, 0.3) is 0 Å². The molecule has 144 valence electrons. The van der Waals surface area contributed by atoms with Crippen molar-refractivity contribution < 1.29 is 14.4 Å². The summed E-state index contributed by atoms with van der Waals surface area (Å²) in [6, 6.07) is 8.07. The van der Waals surface area contributed by atoms with Gasteiger partial charge in [-0.3, -0.25) is 19.3 Å². The highest BCUT2D eigenvalue weighted by Crippen LogP contribution is 2.29. The van der Waals surface area contributed by atoms with Crippen LogP contribution in [0.3, 0.4) is 0 Å². The fourth-order valence-corrected chi connectivity index (χ4v) is 3.65. The van der Waals surface area contributed by atoms with Crippen molar-refractivity contribution in [2.75, 3.05) is 11.4 Å². The van der Waals surface area contributed by atoms with Gasteiger partial charge in [0.15, 0.2) is 0 Å². The first-order valence-corrected chi connectivity index (χ1v) is 9.31. The van der Waals surface area contributed by atoms with Gasteiger partial charge in [0, 0.05) is 11.3 Å². The summed E-state index contributed by atoms with van der Waals surface area (Å²) in [6.07, 6.45) is 6.96. The lowest BCUT2D eigenvalue weighted by molar-refractivity contribution is -0.132. The largest absolute Gasteiger partial charge is 0.369 e. The monoisotopic (exact) mass is 370 g/mol. The van der Waals surface area contributed by atoms with Crippen LogP contribution < -0.4 is 16.4 Å². The molecule has 0 aromatic heterocycles. The van der Waals surface area contributed by atoms with E-state index in [1.54, 1.807) is 12.1 Å². The zero-order chi connectivity index (χ0) is 19.8. The third-order valence-corrected chi connectivity index (χ3v) is 5.17. The fourth-order valence-electron chi connectivity index (χ4n) is 3.65. The van der Waals surface area contributed by atoms with Crippen molar-refractivity contribution in [3.63, 3.8) is 0 Å². The summed E-state index contributed by atoms with van der Waals surface area (Å²) in [5.41, 5.74) is 11.4. The normalized spacial score (nSPS) is 15.5. The van der Waals surface area contributed by atoms with Gasteiger partial charge in [0.05, 0.1) is 6.07 Å². The number of nitrogens with zero attached hydrogens (tertiary/aromatic N) is 2. The summed E-state index contributed by atoms with van der Waals surface area (Å²) >= 11 is 0. The molecule has 1 aromatic carbocycles. The second-order valence-corrected chi connectivity index (χ2v) is 7.03. The summed E-state index contributed by atoms with van der Waals surface area (Å²) in [6.45, 7) is -0.242. The predicted molar refractivity (Wildman–Crippen MR) is 101 cm³/mol. The molecule has 0 radical (unpaired) electrons. The van der Waals surface area contributed by atoms with E-state index in [1.165, 1.54) is 36.3 Å². The topological polar surface area (TPSA) is 130 Å². The highest BCUT2D eigenvalue weighted by Gasteiger charge is 2.31. The average Bonchev–Trinajstić information content (AvgIpc) is 2.66. The Kier molecular flexibility index (Phi) is 7.35. The van der Waals surface area contributed by atoms with Gasteiger partial charge < -0.3 is 11.5 Å². The Morgan fingerprint density at radius 3 is 2.48 bits per heavy atom. The SMILES string of the molecule is N#CCN(C(=O)C(CCC1CCCCC1)C(N)=O)c1cccc(C(N)=O)c1. The highest BCUT2D eigenvalue weighted by molar-refractivity contribution is 6.08. The minimum Gasteiger partial charge on any atom is -0.369 e. The molecule has 0 saturated heterocycles. The van der Waals surface area contributed by atoms with E-state index >= 15 is 0 Å². The Hall–Kier alpha value is -2.88. The van der Waals surface area contributed by atoms with Gasteiger partial charge in [0.1, 0.15) is 12.5 Å². The van der Waals surface area contributed by atoms with Crippen LogP contribution in [0.5, 0.6) is 0 Å². The number of rotatable bonds is 8. The molecule has 2 rings (SSSR count). The van der Waals surface area contributed by atoms with E-state index < -0.39 is 23.6 Å². The van der Waals surface area contributed by atoms with Gasteiger partial charge in [-0.25, -0.2) is 0 Å². The standard InChI is InChI=1S/C20H26N4O3/c21-11-12-24(16-8-4-7-15(13-16)18(22)25)20(27)17(19(23)26)10-9-14-5-2-1-3-6-14/h4,7-8,13-14,17H,1-3,5-6,9-10,12H2,(H2,22,25)(H2,23,26). The summed E-state index contributed by atoms with van der Waals surface area (Å²) < 4.78 is 0. The van der Waals surface area contributed by atoms with E-state index in [9.17, 15) is 14.4 Å². The molecule has 0 aliphatic heterocycles. The van der Waals surface area contributed by atoms with Crippen molar-refractivity contribution in [2.24, 2.45) is 23.3 Å². The second kappa shape index (κ2) is 9.72. The van der Waals surface area contributed by atoms with E-state index in [-0.39, 0.29) is 12.1 Å². The summed E-state index contributed by atoms with van der Waals surface area (Å²) in [4.78, 5) is 37.5. The maximum Gasteiger partial charge on any atom is 0.248 e. The number of carbonyl (C=O) groups excluding carboxylic acids is 3. The van der Waals surface area contributed by atoms with Crippen LogP contribution in [0, 0.1) is 23.2 Å². The van der Waals surface area contributed by atoms with E-state index in [2.05, 4.69) is 0 Å². The molecule has 1 fully saturated rings. The van der Waals surface area contributed by atoms with Crippen molar-refractivity contribution >= 4 is 23.4 Å². The Balaban J connectivity index is 2.18. The molecule has 1 unspecified atom stereocenters. The van der Waals surface area contributed by atoms with Crippen LogP contribution in [0.25, 0.3) is 0 Å². The quantitative estimate of drug-likeness (QED) is 0.536. The molecule has 3 amide bonds. The first-order valence-electron chi connectivity index (χ1n) is 9.31. The number of anilines is 1. The molecule has 7 nitrogen and oxygen atoms in total. The first kappa shape index (κ1) is 20.4. The average molecular weight is 370 g/mol. The molecular formula is C20H26N4O3. The smallest absolute Gasteiger partial charge is 0.248 e. The molecule has 27 heavy (non-hydrogen) atoms. The molecular weight excluding hydrogens is 344 g/mol. The Morgan fingerprint density at radius 2 is 1.89 bits per heavy atom. The second-order valence-electron chi connectivity index (χ2n) is 7.03. The lowest BCUT2D eigenvalue weighted by Gasteiger charge is -2.26. The van der Waals surface area contributed by atoms with Crippen molar-refractivity contribution in [1.82, 2.24) is 0 Å². The summed E-state index contributed by atoms with van der Waals surface area (Å²) in [5, 5.41) is 9.13. The number of hydrogen-bond donors (Lipinski definition) is 2. The Bertz CT molecular complexity index is 735. The number of amides is 3. The van der Waals surface area contributed by atoms with Gasteiger partial charge in [0.2, 0.25) is 17.7 Å². The molecule has 0 bridgehead atoms. The zero-order valence-corrected chi connectivity index (χ0v) is 15.4. The number of hydrogen-bond acceptors (Lipinski definition) is 4. The molecule has 1 aliphatic rings. The number of nitriles is 1.